The molecule has 0 unspecified atom stereocenters. The first-order chi connectivity index (χ1) is 15.1. The highest BCUT2D eigenvalue weighted by Gasteiger charge is 2.20. The maximum Gasteiger partial charge on any atom is 0.259 e. The van der Waals surface area contributed by atoms with Crippen molar-refractivity contribution < 1.29 is 9.53 Å². The molecule has 0 bridgehead atoms. The van der Waals surface area contributed by atoms with Gasteiger partial charge < -0.3 is 13.9 Å². The Kier molecular flexibility index (Phi) is 6.13. The van der Waals surface area contributed by atoms with Crippen molar-refractivity contribution in [2.45, 2.75) is 33.7 Å². The van der Waals surface area contributed by atoms with Crippen molar-refractivity contribution in [3.05, 3.63) is 71.7 Å². The van der Waals surface area contributed by atoms with Crippen LogP contribution >= 0.6 is 0 Å². The third-order valence-corrected chi connectivity index (χ3v) is 5.31. The molecule has 0 radical (unpaired) electrons. The number of carbonyl (C=O) groups is 1. The van der Waals surface area contributed by atoms with E-state index < -0.39 is 0 Å². The lowest BCUT2D eigenvalue weighted by molar-refractivity contribution is 0.102. The summed E-state index contributed by atoms with van der Waals surface area (Å²) in [4.78, 5) is 22.3. The van der Waals surface area contributed by atoms with Gasteiger partial charge in [0.1, 0.15) is 5.82 Å². The molecule has 3 heterocycles. The molecule has 1 aromatic carbocycles. The molecule has 1 N–H and O–H groups in total. The van der Waals surface area contributed by atoms with Crippen LogP contribution < -0.4 is 5.32 Å². The second-order valence-corrected chi connectivity index (χ2v) is 7.39. The molecule has 160 valence electrons. The number of nitrogens with one attached hydrogen (secondary N) is 1. The number of fused-ring (bicyclic) bond motifs is 1. The second kappa shape index (κ2) is 9.14. The molecule has 31 heavy (non-hydrogen) atoms. The number of benzene rings is 1. The van der Waals surface area contributed by atoms with E-state index in [2.05, 4.69) is 15.3 Å². The molecular formula is C24H27N5O2. The van der Waals surface area contributed by atoms with Gasteiger partial charge in [0.05, 0.1) is 16.6 Å². The minimum absolute atomic E-state index is 0.184. The van der Waals surface area contributed by atoms with Gasteiger partial charge in [-0.05, 0) is 57.5 Å². The van der Waals surface area contributed by atoms with Gasteiger partial charge in [-0.25, -0.2) is 9.97 Å². The highest BCUT2D eigenvalue weighted by atomic mass is 16.5. The summed E-state index contributed by atoms with van der Waals surface area (Å²) in [7, 11) is 0. The number of pyridine rings is 1. The van der Waals surface area contributed by atoms with Crippen LogP contribution in [0.2, 0.25) is 0 Å². The number of para-hydroxylation sites is 2. The fourth-order valence-corrected chi connectivity index (χ4v) is 3.87. The maximum absolute atomic E-state index is 13.2. The SMILES string of the molecule is CCOCCCn1c(NC(=O)c2cc(C)n(-c3ccccn3)c2C)nc2ccccc21. The van der Waals surface area contributed by atoms with Gasteiger partial charge >= 0.3 is 0 Å². The van der Waals surface area contributed by atoms with E-state index in [1.54, 1.807) is 6.20 Å². The Hall–Kier alpha value is -3.45. The van der Waals surface area contributed by atoms with E-state index in [1.165, 1.54) is 0 Å². The summed E-state index contributed by atoms with van der Waals surface area (Å²) < 4.78 is 9.51. The van der Waals surface area contributed by atoms with Crippen molar-refractivity contribution in [3.63, 3.8) is 0 Å². The lowest BCUT2D eigenvalue weighted by Gasteiger charge is -2.11. The van der Waals surface area contributed by atoms with Gasteiger partial charge in [0.2, 0.25) is 5.95 Å². The Labute approximate surface area is 181 Å². The smallest absolute Gasteiger partial charge is 0.259 e. The number of hydrogen-bond donors (Lipinski definition) is 1. The van der Waals surface area contributed by atoms with Crippen LogP contribution in [0.25, 0.3) is 16.9 Å². The Morgan fingerprint density at radius 1 is 1.13 bits per heavy atom. The normalized spacial score (nSPS) is 11.2. The van der Waals surface area contributed by atoms with Crippen LogP contribution in [-0.4, -0.2) is 38.2 Å². The number of nitrogens with zero attached hydrogens (tertiary/aromatic N) is 4. The predicted octanol–water partition coefficient (Wildman–Crippen LogP) is 4.52. The van der Waals surface area contributed by atoms with E-state index in [0.717, 1.165) is 34.7 Å². The third-order valence-electron chi connectivity index (χ3n) is 5.31. The number of imidazole rings is 1. The number of amides is 1. The first-order valence-electron chi connectivity index (χ1n) is 10.5. The minimum atomic E-state index is -0.184. The van der Waals surface area contributed by atoms with Crippen molar-refractivity contribution in [2.75, 3.05) is 18.5 Å². The highest BCUT2D eigenvalue weighted by molar-refractivity contribution is 6.05. The molecule has 0 saturated heterocycles. The average molecular weight is 418 g/mol. The van der Waals surface area contributed by atoms with Gasteiger partial charge in [-0.2, -0.15) is 0 Å². The van der Waals surface area contributed by atoms with E-state index in [-0.39, 0.29) is 5.91 Å². The third kappa shape index (κ3) is 4.22. The Morgan fingerprint density at radius 3 is 2.71 bits per heavy atom. The summed E-state index contributed by atoms with van der Waals surface area (Å²) in [6.07, 6.45) is 2.59. The van der Waals surface area contributed by atoms with Gasteiger partial charge in [0.25, 0.3) is 5.91 Å². The molecule has 0 saturated carbocycles. The Balaban J connectivity index is 1.63. The monoisotopic (exact) mass is 417 g/mol. The number of anilines is 1. The van der Waals surface area contributed by atoms with Crippen molar-refractivity contribution in [1.82, 2.24) is 19.1 Å². The van der Waals surface area contributed by atoms with Gasteiger partial charge in [-0.1, -0.05) is 18.2 Å². The van der Waals surface area contributed by atoms with Gasteiger partial charge in [-0.3, -0.25) is 10.1 Å². The average Bonchev–Trinajstić information content (AvgIpc) is 3.28. The lowest BCUT2D eigenvalue weighted by Crippen LogP contribution is -2.17. The van der Waals surface area contributed by atoms with Crippen molar-refractivity contribution >= 4 is 22.9 Å². The summed E-state index contributed by atoms with van der Waals surface area (Å²) >= 11 is 0. The number of rotatable bonds is 8. The van der Waals surface area contributed by atoms with Gasteiger partial charge in [-0.15, -0.1) is 0 Å². The molecule has 7 heteroatoms. The second-order valence-electron chi connectivity index (χ2n) is 7.39. The predicted molar refractivity (Wildman–Crippen MR) is 122 cm³/mol. The fourth-order valence-electron chi connectivity index (χ4n) is 3.87. The van der Waals surface area contributed by atoms with Crippen LogP contribution in [0.5, 0.6) is 0 Å². The van der Waals surface area contributed by atoms with Crippen LogP contribution in [0.1, 0.15) is 35.1 Å². The first-order valence-corrected chi connectivity index (χ1v) is 10.5. The summed E-state index contributed by atoms with van der Waals surface area (Å²) in [5.74, 6) is 1.15. The molecule has 3 aromatic heterocycles. The first kappa shape index (κ1) is 20.8. The van der Waals surface area contributed by atoms with E-state index >= 15 is 0 Å². The van der Waals surface area contributed by atoms with Crippen molar-refractivity contribution in [2.24, 2.45) is 0 Å². The molecule has 0 aliphatic heterocycles. The van der Waals surface area contributed by atoms with Crippen LogP contribution in [0, 0.1) is 13.8 Å². The van der Waals surface area contributed by atoms with Crippen LogP contribution in [-0.2, 0) is 11.3 Å². The fraction of sp³-hybridized carbons (Fsp3) is 0.292. The van der Waals surface area contributed by atoms with E-state index in [4.69, 9.17) is 4.74 Å². The van der Waals surface area contributed by atoms with Crippen molar-refractivity contribution in [1.29, 1.82) is 0 Å². The lowest BCUT2D eigenvalue weighted by atomic mass is 10.2. The standard InChI is InChI=1S/C24H27N5O2/c1-4-31-15-9-14-28-21-11-6-5-10-20(21)26-24(28)27-23(30)19-16-17(2)29(18(19)3)22-12-7-8-13-25-22/h5-8,10-13,16H,4,9,14-15H2,1-3H3,(H,26,27,30). The number of aryl methyl sites for hydroxylation is 2. The minimum Gasteiger partial charge on any atom is -0.382 e. The van der Waals surface area contributed by atoms with E-state index in [1.807, 2.05) is 78.4 Å². The number of aromatic nitrogens is 4. The zero-order valence-corrected chi connectivity index (χ0v) is 18.1. The zero-order valence-electron chi connectivity index (χ0n) is 18.1. The molecule has 4 rings (SSSR count). The summed E-state index contributed by atoms with van der Waals surface area (Å²) in [6.45, 7) is 7.97. The summed E-state index contributed by atoms with van der Waals surface area (Å²) in [5, 5.41) is 3.03. The molecule has 1 amide bonds. The molecule has 0 aliphatic carbocycles. The molecule has 0 atom stereocenters. The Morgan fingerprint density at radius 2 is 1.94 bits per heavy atom. The molecule has 0 fully saturated rings. The summed E-state index contributed by atoms with van der Waals surface area (Å²) in [5.41, 5.74) is 4.25. The van der Waals surface area contributed by atoms with Crippen molar-refractivity contribution in [3.8, 4) is 5.82 Å². The molecule has 0 aliphatic rings. The van der Waals surface area contributed by atoms with Gasteiger partial charge in [0.15, 0.2) is 0 Å². The largest absolute Gasteiger partial charge is 0.382 e. The molecule has 7 nitrogen and oxygen atoms in total. The maximum atomic E-state index is 13.2. The zero-order chi connectivity index (χ0) is 21.8. The van der Waals surface area contributed by atoms with Crippen LogP contribution in [0.3, 0.4) is 0 Å². The van der Waals surface area contributed by atoms with E-state index in [9.17, 15) is 4.79 Å². The number of ether oxygens (including phenoxy) is 1. The molecule has 4 aromatic rings. The highest BCUT2D eigenvalue weighted by Crippen LogP contribution is 2.23. The van der Waals surface area contributed by atoms with Gasteiger partial charge in [0, 0.05) is 37.3 Å². The number of hydrogen-bond acceptors (Lipinski definition) is 4. The van der Waals surface area contributed by atoms with Crippen LogP contribution in [0.4, 0.5) is 5.95 Å². The van der Waals surface area contributed by atoms with E-state index in [0.29, 0.717) is 31.3 Å². The molecule has 0 spiro atoms. The molecular weight excluding hydrogens is 390 g/mol. The summed E-state index contributed by atoms with van der Waals surface area (Å²) in [6, 6.07) is 15.5. The topological polar surface area (TPSA) is 74.0 Å². The van der Waals surface area contributed by atoms with Crippen LogP contribution in [0.15, 0.2) is 54.7 Å². The number of carbonyl (C=O) groups excluding carboxylic acids is 1. The Bertz CT molecular complexity index is 1190. The quantitative estimate of drug-likeness (QED) is 0.428.